The number of terminal acetylenes is 1. The van der Waals surface area contributed by atoms with Crippen LogP contribution in [0, 0.1) is 30.5 Å². The molecule has 15 nitrogen and oxygen atoms in total. The van der Waals surface area contributed by atoms with Crippen molar-refractivity contribution in [1.29, 1.82) is 5.41 Å². The van der Waals surface area contributed by atoms with Crippen LogP contribution in [0.3, 0.4) is 0 Å². The molecular formula is C29H36FN9O6S. The smallest absolute Gasteiger partial charge is 0.320 e. The van der Waals surface area contributed by atoms with Gasteiger partial charge in [0.2, 0.25) is 11.9 Å². The highest BCUT2D eigenvalue weighted by Gasteiger charge is 2.20. The predicted molar refractivity (Wildman–Crippen MR) is 171 cm³/mol. The second-order valence-electron chi connectivity index (χ2n) is 9.45. The second-order valence-corrected chi connectivity index (χ2v) is 11.1. The normalized spacial score (nSPS) is 11.1. The third-order valence-corrected chi connectivity index (χ3v) is 7.33. The van der Waals surface area contributed by atoms with Crippen molar-refractivity contribution in [2.75, 3.05) is 23.8 Å². The monoisotopic (exact) mass is 657 g/mol. The summed E-state index contributed by atoms with van der Waals surface area (Å²) < 4.78 is 46.7. The molecule has 246 valence electrons. The fourth-order valence-corrected chi connectivity index (χ4v) is 4.78. The lowest BCUT2D eigenvalue weighted by molar-refractivity contribution is -0.138. The molecule has 46 heavy (non-hydrogen) atoms. The van der Waals surface area contributed by atoms with E-state index in [1.165, 1.54) is 6.07 Å². The number of nitrogens with two attached hydrogens (primary N) is 2. The summed E-state index contributed by atoms with van der Waals surface area (Å²) in [4.78, 5) is 29.8. The Morgan fingerprint density at radius 3 is 2.46 bits per heavy atom. The molecule has 1 amide bonds. The van der Waals surface area contributed by atoms with E-state index in [1.807, 2.05) is 4.72 Å². The van der Waals surface area contributed by atoms with E-state index in [1.54, 1.807) is 50.2 Å². The van der Waals surface area contributed by atoms with Gasteiger partial charge in [0.05, 0.1) is 11.1 Å². The van der Waals surface area contributed by atoms with E-state index in [4.69, 9.17) is 33.1 Å². The number of guanidine groups is 1. The first-order chi connectivity index (χ1) is 21.7. The van der Waals surface area contributed by atoms with E-state index in [0.29, 0.717) is 42.1 Å². The van der Waals surface area contributed by atoms with Crippen LogP contribution < -0.4 is 36.9 Å². The van der Waals surface area contributed by atoms with Gasteiger partial charge >= 0.3 is 5.97 Å². The minimum Gasteiger partial charge on any atom is -0.481 e. The van der Waals surface area contributed by atoms with Gasteiger partial charge in [-0.25, -0.2) is 22.5 Å². The van der Waals surface area contributed by atoms with Gasteiger partial charge in [-0.15, -0.1) is 6.42 Å². The molecule has 1 aromatic heterocycles. The number of aryl methyl sites for hydroxylation is 1. The van der Waals surface area contributed by atoms with Crippen LogP contribution in [0.1, 0.15) is 31.7 Å². The Morgan fingerprint density at radius 2 is 1.85 bits per heavy atom. The molecule has 0 aliphatic carbocycles. The number of halogens is 1. The maximum atomic E-state index is 14.3. The predicted octanol–water partition coefficient (Wildman–Crippen LogP) is 2.30. The number of hydrogen-bond donors (Lipinski definition) is 8. The van der Waals surface area contributed by atoms with Gasteiger partial charge in [-0.3, -0.25) is 15.0 Å². The Bertz CT molecular complexity index is 1660. The zero-order valence-electron chi connectivity index (χ0n) is 25.1. The highest BCUT2D eigenvalue weighted by atomic mass is 32.2. The molecule has 0 aliphatic heterocycles. The summed E-state index contributed by atoms with van der Waals surface area (Å²) in [5.74, 6) is 0.447. The first-order valence-corrected chi connectivity index (χ1v) is 15.2. The van der Waals surface area contributed by atoms with Gasteiger partial charge < -0.3 is 37.3 Å². The molecule has 1 heterocycles. The fraction of sp³-hybridized carbons (Fsp3) is 0.276. The molecule has 2 aromatic carbocycles. The average Bonchev–Trinajstić information content (AvgIpc) is 3.01. The van der Waals surface area contributed by atoms with Crippen molar-refractivity contribution in [2.45, 2.75) is 44.0 Å². The number of aliphatic carboxylic acids is 1. The summed E-state index contributed by atoms with van der Waals surface area (Å²) in [7, 11) is -4.06. The highest BCUT2D eigenvalue weighted by molar-refractivity contribution is 7.90. The lowest BCUT2D eigenvalue weighted by atomic mass is 10.2. The average molecular weight is 658 g/mol. The van der Waals surface area contributed by atoms with Crippen LogP contribution in [-0.2, 0) is 19.6 Å². The number of carboxylic acids is 1. The topological polar surface area (TPSA) is 248 Å². The lowest BCUT2D eigenvalue weighted by Gasteiger charge is -2.13. The van der Waals surface area contributed by atoms with Gasteiger partial charge in [-0.1, -0.05) is 18.9 Å². The number of nitrogens with zero attached hydrogens (tertiary/aromatic N) is 2. The number of rotatable bonds is 14. The van der Waals surface area contributed by atoms with Crippen molar-refractivity contribution in [3.63, 3.8) is 0 Å². The van der Waals surface area contributed by atoms with Gasteiger partial charge in [-0.05, 0) is 61.7 Å². The molecule has 0 spiro atoms. The van der Waals surface area contributed by atoms with Crippen LogP contribution in [-0.4, -0.2) is 60.5 Å². The van der Waals surface area contributed by atoms with Gasteiger partial charge in [-0.2, -0.15) is 4.98 Å². The zero-order chi connectivity index (χ0) is 34.3. The molecule has 17 heteroatoms. The minimum atomic E-state index is -4.06. The third kappa shape index (κ3) is 12.3. The first-order valence-electron chi connectivity index (χ1n) is 13.7. The van der Waals surface area contributed by atoms with E-state index < -0.39 is 33.8 Å². The summed E-state index contributed by atoms with van der Waals surface area (Å²) >= 11 is 0. The van der Waals surface area contributed by atoms with Crippen LogP contribution in [0.2, 0.25) is 0 Å². The molecule has 3 rings (SSSR count). The van der Waals surface area contributed by atoms with Gasteiger partial charge in [0, 0.05) is 24.3 Å². The quantitative estimate of drug-likeness (QED) is 0.0537. The Kier molecular flexibility index (Phi) is 14.2. The Morgan fingerprint density at radius 1 is 1.17 bits per heavy atom. The number of ether oxygens (including phenoxy) is 1. The summed E-state index contributed by atoms with van der Waals surface area (Å²) in [6.07, 6.45) is 7.14. The summed E-state index contributed by atoms with van der Waals surface area (Å²) in [6.45, 7) is 3.77. The summed E-state index contributed by atoms with van der Waals surface area (Å²) in [5.41, 5.74) is 11.5. The number of nitrogens with one attached hydrogen (secondary N) is 5. The van der Waals surface area contributed by atoms with E-state index in [9.17, 15) is 22.4 Å². The molecule has 0 saturated heterocycles. The van der Waals surface area contributed by atoms with Gasteiger partial charge in [0.25, 0.3) is 10.0 Å². The minimum absolute atomic E-state index is 0.0239. The maximum absolute atomic E-state index is 14.3. The summed E-state index contributed by atoms with van der Waals surface area (Å²) in [6, 6.07) is 10.4. The Hall–Kier alpha value is -5.47. The number of anilines is 4. The van der Waals surface area contributed by atoms with Crippen molar-refractivity contribution < 1.29 is 32.2 Å². The molecule has 0 aliphatic rings. The van der Waals surface area contributed by atoms with E-state index in [2.05, 4.69) is 31.8 Å². The molecule has 0 radical (unpaired) electrons. The molecular weight excluding hydrogens is 621 g/mol. The number of carboxylic acid groups (broad SMARTS) is 1. The lowest BCUT2D eigenvalue weighted by Crippen LogP contribution is -2.34. The largest absolute Gasteiger partial charge is 0.481 e. The number of carbonyl (C=O) groups excluding carboxylic acids is 1. The number of hydrogen-bond acceptors (Lipinski definition) is 11. The Labute approximate surface area is 265 Å². The van der Waals surface area contributed by atoms with Crippen molar-refractivity contribution in [2.24, 2.45) is 11.5 Å². The number of benzene rings is 2. The van der Waals surface area contributed by atoms with Crippen LogP contribution in [0.5, 0.6) is 5.75 Å². The maximum Gasteiger partial charge on any atom is 0.320 e. The molecule has 0 fully saturated rings. The van der Waals surface area contributed by atoms with Crippen LogP contribution in [0.15, 0.2) is 53.6 Å². The molecule has 3 aromatic rings. The third-order valence-electron chi connectivity index (χ3n) is 5.81. The van der Waals surface area contributed by atoms with Crippen molar-refractivity contribution in [3.05, 3.63) is 60.0 Å². The number of carbonyl (C=O) groups is 2. The van der Waals surface area contributed by atoms with E-state index in [-0.39, 0.29) is 35.6 Å². The highest BCUT2D eigenvalue weighted by Crippen LogP contribution is 2.25. The second kappa shape index (κ2) is 17.7. The molecule has 0 bridgehead atoms. The van der Waals surface area contributed by atoms with Crippen molar-refractivity contribution >= 4 is 51.0 Å². The van der Waals surface area contributed by atoms with Crippen LogP contribution in [0.25, 0.3) is 0 Å². The van der Waals surface area contributed by atoms with E-state index >= 15 is 0 Å². The molecule has 0 saturated carbocycles. The van der Waals surface area contributed by atoms with Crippen LogP contribution in [0.4, 0.5) is 27.5 Å². The van der Waals surface area contributed by atoms with Crippen LogP contribution >= 0.6 is 0 Å². The number of aromatic nitrogens is 2. The van der Waals surface area contributed by atoms with Gasteiger partial charge in [0.15, 0.2) is 17.6 Å². The molecule has 1 atom stereocenters. The fourth-order valence-electron chi connectivity index (χ4n) is 3.45. The molecule has 10 N–H and O–H groups in total. The SMILES string of the molecule is C#CCOc1ccc(Nc2nc(Nc3ccc(C)c(S(=O)(=O)NC(=O)CC)c3)ncc2F)cc1.N=C(N)NCCC[C@H](N)C(=O)O. The summed E-state index contributed by atoms with van der Waals surface area (Å²) in [5, 5.41) is 23.4. The van der Waals surface area contributed by atoms with E-state index in [0.717, 1.165) is 6.20 Å². The number of sulfonamides is 1. The standard InChI is InChI=1S/C23H22FN5O4S.C6H14N4O2/c1-4-12-33-18-10-8-16(9-11-18)26-22-19(24)14-25-23(28-22)27-17-7-6-15(3)20(13-17)34(31,32)29-21(30)5-2;7-4(5(11)12)2-1-3-10-6(8)9/h1,6-11,13-14H,5,12H2,2-3H3,(H,29,30)(H2,25,26,27,28);4H,1-3,7H2,(H,11,12)(H4,8,9,10)/t;4-/m.0/s1. The Balaban J connectivity index is 0.000000521. The zero-order valence-corrected chi connectivity index (χ0v) is 25.9. The van der Waals surface area contributed by atoms with Gasteiger partial charge in [0.1, 0.15) is 18.4 Å². The first kappa shape index (κ1) is 36.7. The van der Waals surface area contributed by atoms with Crippen molar-refractivity contribution in [1.82, 2.24) is 20.0 Å². The molecule has 0 unspecified atom stereocenters. The van der Waals surface area contributed by atoms with Crippen molar-refractivity contribution in [3.8, 4) is 18.1 Å². The number of amides is 1.